The molecule has 0 unspecified atom stereocenters. The van der Waals surface area contributed by atoms with Crippen molar-refractivity contribution in [1.82, 2.24) is 19.2 Å². The molecule has 1 N–H and O–H groups in total. The Labute approximate surface area is 173 Å². The van der Waals surface area contributed by atoms with Gasteiger partial charge in [0, 0.05) is 12.1 Å². The van der Waals surface area contributed by atoms with Gasteiger partial charge in [-0.15, -0.1) is 0 Å². The third kappa shape index (κ3) is 4.45. The SMILES string of the molecule is Cc1ccc(-c2nsc3c(=O)n(CC(=O)NCCC4=CCCCC4)cnc23)cc1. The van der Waals surface area contributed by atoms with Crippen LogP contribution in [0.1, 0.15) is 37.7 Å². The number of carbonyl (C=O) groups is 1. The number of aryl methyl sites for hydroxylation is 1. The Morgan fingerprint density at radius 1 is 1.24 bits per heavy atom. The molecule has 0 bridgehead atoms. The van der Waals surface area contributed by atoms with E-state index in [9.17, 15) is 9.59 Å². The number of aromatic nitrogens is 3. The highest BCUT2D eigenvalue weighted by Gasteiger charge is 2.15. The number of carbonyl (C=O) groups excluding carboxylic acids is 1. The smallest absolute Gasteiger partial charge is 0.273 e. The van der Waals surface area contributed by atoms with Gasteiger partial charge in [-0.2, -0.15) is 4.37 Å². The molecule has 0 fully saturated rings. The molecule has 0 saturated heterocycles. The van der Waals surface area contributed by atoms with Crippen LogP contribution in [0.15, 0.2) is 47.0 Å². The summed E-state index contributed by atoms with van der Waals surface area (Å²) in [7, 11) is 0. The highest BCUT2D eigenvalue weighted by molar-refractivity contribution is 7.13. The second kappa shape index (κ2) is 8.69. The second-order valence-electron chi connectivity index (χ2n) is 7.46. The summed E-state index contributed by atoms with van der Waals surface area (Å²) < 4.78 is 6.27. The minimum absolute atomic E-state index is 0.0292. The van der Waals surface area contributed by atoms with Crippen molar-refractivity contribution in [3.8, 4) is 11.3 Å². The first-order chi connectivity index (χ1) is 14.1. The lowest BCUT2D eigenvalue weighted by atomic mass is 9.97. The number of hydrogen-bond donors (Lipinski definition) is 1. The predicted octanol–water partition coefficient (Wildman–Crippen LogP) is 3.84. The maximum Gasteiger partial charge on any atom is 0.273 e. The Bertz CT molecular complexity index is 1110. The third-order valence-corrected chi connectivity index (χ3v) is 6.07. The maximum absolute atomic E-state index is 12.8. The summed E-state index contributed by atoms with van der Waals surface area (Å²) >= 11 is 1.13. The Hall–Kier alpha value is -2.80. The van der Waals surface area contributed by atoms with Crippen LogP contribution in [0.4, 0.5) is 0 Å². The number of hydrogen-bond acceptors (Lipinski definition) is 5. The van der Waals surface area contributed by atoms with E-state index >= 15 is 0 Å². The molecule has 2 heterocycles. The molecule has 1 aliphatic carbocycles. The fourth-order valence-electron chi connectivity index (χ4n) is 3.57. The average Bonchev–Trinajstić information content (AvgIpc) is 3.16. The topological polar surface area (TPSA) is 76.9 Å². The van der Waals surface area contributed by atoms with Gasteiger partial charge in [0.2, 0.25) is 5.91 Å². The van der Waals surface area contributed by atoms with Crippen LogP contribution in [0.2, 0.25) is 0 Å². The standard InChI is InChI=1S/C22H24N4O2S/c1-15-7-9-17(10-8-15)19-20-21(29-25-19)22(28)26(14-24-20)13-18(27)23-12-11-16-5-3-2-4-6-16/h5,7-10,14H,2-4,6,11-13H2,1H3,(H,23,27). The van der Waals surface area contributed by atoms with Crippen molar-refractivity contribution in [3.05, 3.63) is 58.2 Å². The molecule has 0 saturated carbocycles. The Kier molecular flexibility index (Phi) is 5.85. The molecular formula is C22H24N4O2S. The van der Waals surface area contributed by atoms with Crippen LogP contribution in [0, 0.1) is 6.92 Å². The third-order valence-electron chi connectivity index (χ3n) is 5.24. The van der Waals surface area contributed by atoms with Gasteiger partial charge in [-0.3, -0.25) is 14.2 Å². The Morgan fingerprint density at radius 2 is 2.07 bits per heavy atom. The number of rotatable bonds is 6. The van der Waals surface area contributed by atoms with E-state index in [1.807, 2.05) is 31.2 Å². The number of amides is 1. The van der Waals surface area contributed by atoms with Gasteiger partial charge in [0.1, 0.15) is 22.5 Å². The molecule has 3 aromatic rings. The van der Waals surface area contributed by atoms with Crippen molar-refractivity contribution in [2.24, 2.45) is 0 Å². The number of nitrogens with zero attached hydrogens (tertiary/aromatic N) is 3. The normalized spacial score (nSPS) is 14.0. The molecule has 0 atom stereocenters. The lowest BCUT2D eigenvalue weighted by Gasteiger charge is -2.13. The first-order valence-electron chi connectivity index (χ1n) is 9.98. The summed E-state index contributed by atoms with van der Waals surface area (Å²) in [6.07, 6.45) is 9.38. The van der Waals surface area contributed by atoms with Crippen LogP contribution in [-0.2, 0) is 11.3 Å². The zero-order valence-corrected chi connectivity index (χ0v) is 17.3. The first-order valence-corrected chi connectivity index (χ1v) is 10.8. The highest BCUT2D eigenvalue weighted by atomic mass is 32.1. The van der Waals surface area contributed by atoms with Crippen molar-refractivity contribution in [3.63, 3.8) is 0 Å². The van der Waals surface area contributed by atoms with Crippen LogP contribution < -0.4 is 10.9 Å². The lowest BCUT2D eigenvalue weighted by Crippen LogP contribution is -2.33. The van der Waals surface area contributed by atoms with Gasteiger partial charge >= 0.3 is 0 Å². The maximum atomic E-state index is 12.8. The van der Waals surface area contributed by atoms with Gasteiger partial charge in [0.15, 0.2) is 0 Å². The summed E-state index contributed by atoms with van der Waals surface area (Å²) in [6, 6.07) is 7.98. The highest BCUT2D eigenvalue weighted by Crippen LogP contribution is 2.27. The van der Waals surface area contributed by atoms with Crippen molar-refractivity contribution in [2.75, 3.05) is 6.54 Å². The molecule has 6 nitrogen and oxygen atoms in total. The summed E-state index contributed by atoms with van der Waals surface area (Å²) in [6.45, 7) is 2.60. The van der Waals surface area contributed by atoms with Crippen LogP contribution in [-0.4, -0.2) is 26.4 Å². The van der Waals surface area contributed by atoms with Crippen LogP contribution in [0.25, 0.3) is 21.5 Å². The molecule has 2 aromatic heterocycles. The van der Waals surface area contributed by atoms with E-state index < -0.39 is 0 Å². The molecule has 0 aliphatic heterocycles. The average molecular weight is 409 g/mol. The van der Waals surface area contributed by atoms with Gasteiger partial charge < -0.3 is 5.32 Å². The van der Waals surface area contributed by atoms with Crippen molar-refractivity contribution < 1.29 is 4.79 Å². The largest absolute Gasteiger partial charge is 0.354 e. The van der Waals surface area contributed by atoms with E-state index in [-0.39, 0.29) is 18.0 Å². The van der Waals surface area contributed by atoms with Gasteiger partial charge in [0.05, 0.1) is 6.33 Å². The first kappa shape index (κ1) is 19.5. The van der Waals surface area contributed by atoms with Crippen LogP contribution in [0.3, 0.4) is 0 Å². The number of nitrogens with one attached hydrogen (secondary N) is 1. The summed E-state index contributed by atoms with van der Waals surface area (Å²) in [5.41, 5.74) is 4.58. The van der Waals surface area contributed by atoms with Gasteiger partial charge in [-0.05, 0) is 50.6 Å². The number of allylic oxidation sites excluding steroid dienone is 1. The fourth-order valence-corrected chi connectivity index (χ4v) is 4.38. The fraction of sp³-hybridized carbons (Fsp3) is 0.364. The van der Waals surface area contributed by atoms with E-state index in [1.54, 1.807) is 0 Å². The molecule has 1 amide bonds. The number of benzene rings is 1. The Balaban J connectivity index is 1.45. The number of fused-ring (bicyclic) bond motifs is 1. The molecule has 150 valence electrons. The van der Waals surface area contributed by atoms with Crippen LogP contribution >= 0.6 is 11.5 Å². The van der Waals surface area contributed by atoms with E-state index in [4.69, 9.17) is 0 Å². The minimum Gasteiger partial charge on any atom is -0.354 e. The lowest BCUT2D eigenvalue weighted by molar-refractivity contribution is -0.121. The van der Waals surface area contributed by atoms with Crippen LogP contribution in [0.5, 0.6) is 0 Å². The zero-order valence-electron chi connectivity index (χ0n) is 16.5. The van der Waals surface area contributed by atoms with E-state index in [2.05, 4.69) is 20.8 Å². The summed E-state index contributed by atoms with van der Waals surface area (Å²) in [5.74, 6) is -0.173. The van der Waals surface area contributed by atoms with Crippen molar-refractivity contribution >= 4 is 27.7 Å². The molecule has 7 heteroatoms. The monoisotopic (exact) mass is 408 g/mol. The second-order valence-corrected chi connectivity index (χ2v) is 8.23. The van der Waals surface area contributed by atoms with E-state index in [0.717, 1.165) is 41.9 Å². The van der Waals surface area contributed by atoms with Gasteiger partial charge in [-0.1, -0.05) is 41.5 Å². The molecule has 1 aliphatic rings. The molecule has 1 aromatic carbocycles. The summed E-state index contributed by atoms with van der Waals surface area (Å²) in [5, 5.41) is 2.91. The summed E-state index contributed by atoms with van der Waals surface area (Å²) in [4.78, 5) is 29.5. The van der Waals surface area contributed by atoms with Gasteiger partial charge in [-0.25, -0.2) is 4.98 Å². The molecule has 0 radical (unpaired) electrons. The zero-order chi connectivity index (χ0) is 20.2. The quantitative estimate of drug-likeness (QED) is 0.629. The van der Waals surface area contributed by atoms with E-state index in [1.165, 1.54) is 29.3 Å². The van der Waals surface area contributed by atoms with E-state index in [0.29, 0.717) is 22.5 Å². The molecular weight excluding hydrogens is 384 g/mol. The predicted molar refractivity (Wildman–Crippen MR) is 116 cm³/mol. The molecule has 4 rings (SSSR count). The van der Waals surface area contributed by atoms with Gasteiger partial charge in [0.25, 0.3) is 5.56 Å². The molecule has 0 spiro atoms. The van der Waals surface area contributed by atoms with Crippen molar-refractivity contribution in [2.45, 2.75) is 45.6 Å². The van der Waals surface area contributed by atoms with Crippen molar-refractivity contribution in [1.29, 1.82) is 0 Å². The molecule has 29 heavy (non-hydrogen) atoms. The minimum atomic E-state index is -0.226. The Morgan fingerprint density at radius 3 is 2.83 bits per heavy atom.